The largest absolute Gasteiger partial charge is 0.444 e. The van der Waals surface area contributed by atoms with Gasteiger partial charge in [0, 0.05) is 5.02 Å². The van der Waals surface area contributed by atoms with Gasteiger partial charge in [-0.1, -0.05) is 16.8 Å². The lowest BCUT2D eigenvalue weighted by Gasteiger charge is -2.20. The molecule has 0 fully saturated rings. The van der Waals surface area contributed by atoms with Crippen molar-refractivity contribution in [1.29, 1.82) is 0 Å². The van der Waals surface area contributed by atoms with E-state index >= 15 is 0 Å². The Kier molecular flexibility index (Phi) is 5.74. The van der Waals surface area contributed by atoms with Crippen LogP contribution in [0.5, 0.6) is 0 Å². The summed E-state index contributed by atoms with van der Waals surface area (Å²) in [5, 5.41) is 10.8. The third-order valence-electron chi connectivity index (χ3n) is 2.81. The number of nitrogens with zero attached hydrogens (tertiary/aromatic N) is 4. The van der Waals surface area contributed by atoms with E-state index in [1.54, 1.807) is 59.7 Å². The Morgan fingerprint density at radius 3 is 2.33 bits per heavy atom. The van der Waals surface area contributed by atoms with E-state index in [1.807, 2.05) is 0 Å². The number of fused-ring (bicyclic) bond motifs is 1. The molecule has 2 aromatic rings. The van der Waals surface area contributed by atoms with Gasteiger partial charge in [-0.05, 0) is 59.7 Å². The van der Waals surface area contributed by atoms with E-state index < -0.39 is 23.4 Å². The highest BCUT2D eigenvalue weighted by molar-refractivity contribution is 6.31. The van der Waals surface area contributed by atoms with Gasteiger partial charge in [0.2, 0.25) is 5.96 Å². The number of rotatable bonds is 0. The predicted octanol–water partition coefficient (Wildman–Crippen LogP) is 3.75. The number of ether oxygens (including phenoxy) is 2. The SMILES string of the molecule is CC(C)(C)OC(=O)/N=C(/NC(=O)OC(C)(C)C)n1nnc2cc(Cl)ccc21. The minimum atomic E-state index is -0.897. The Hall–Kier alpha value is -2.68. The quantitative estimate of drug-likeness (QED) is 0.537. The van der Waals surface area contributed by atoms with Gasteiger partial charge in [0.15, 0.2) is 0 Å². The molecule has 9 nitrogen and oxygen atoms in total. The van der Waals surface area contributed by atoms with E-state index in [-0.39, 0.29) is 5.96 Å². The summed E-state index contributed by atoms with van der Waals surface area (Å²) < 4.78 is 11.6. The van der Waals surface area contributed by atoms with Crippen molar-refractivity contribution in [2.45, 2.75) is 52.7 Å². The van der Waals surface area contributed by atoms with Crippen LogP contribution in [0.15, 0.2) is 23.2 Å². The minimum Gasteiger partial charge on any atom is -0.444 e. The van der Waals surface area contributed by atoms with Crippen molar-refractivity contribution in [3.63, 3.8) is 0 Å². The van der Waals surface area contributed by atoms with E-state index in [1.165, 1.54) is 4.68 Å². The Labute approximate surface area is 161 Å². The van der Waals surface area contributed by atoms with Crippen LogP contribution in [0.1, 0.15) is 41.5 Å². The Morgan fingerprint density at radius 1 is 1.11 bits per heavy atom. The number of carbonyl (C=O) groups is 2. The smallest absolute Gasteiger partial charge is 0.437 e. The zero-order valence-corrected chi connectivity index (χ0v) is 16.8. The number of aliphatic imine (C=N–C) groups is 1. The molecule has 1 N–H and O–H groups in total. The molecule has 1 aromatic carbocycles. The second-order valence-corrected chi connectivity index (χ2v) is 8.11. The van der Waals surface area contributed by atoms with Crippen LogP contribution in [0.2, 0.25) is 5.02 Å². The molecule has 0 unspecified atom stereocenters. The molecular weight excluding hydrogens is 374 g/mol. The fraction of sp³-hybridized carbons (Fsp3) is 0.471. The topological polar surface area (TPSA) is 108 Å². The summed E-state index contributed by atoms with van der Waals surface area (Å²) in [6.45, 7) is 10.2. The van der Waals surface area contributed by atoms with E-state index in [4.69, 9.17) is 21.1 Å². The molecule has 146 valence electrons. The number of alkyl carbamates (subject to hydrolysis) is 1. The summed E-state index contributed by atoms with van der Waals surface area (Å²) in [6.07, 6.45) is -1.70. The van der Waals surface area contributed by atoms with E-state index in [2.05, 4.69) is 20.6 Å². The van der Waals surface area contributed by atoms with Gasteiger partial charge in [0.1, 0.15) is 16.7 Å². The minimum absolute atomic E-state index is 0.205. The predicted molar refractivity (Wildman–Crippen MR) is 101 cm³/mol. The second kappa shape index (κ2) is 7.51. The van der Waals surface area contributed by atoms with Gasteiger partial charge in [0.05, 0.1) is 5.52 Å². The van der Waals surface area contributed by atoms with Crippen LogP contribution in [-0.2, 0) is 9.47 Å². The highest BCUT2D eigenvalue weighted by Gasteiger charge is 2.22. The van der Waals surface area contributed by atoms with Gasteiger partial charge >= 0.3 is 12.2 Å². The highest BCUT2D eigenvalue weighted by Crippen LogP contribution is 2.17. The first-order valence-electron chi connectivity index (χ1n) is 8.17. The lowest BCUT2D eigenvalue weighted by atomic mass is 10.2. The average Bonchev–Trinajstić information content (AvgIpc) is 2.85. The van der Waals surface area contributed by atoms with Gasteiger partial charge in [-0.15, -0.1) is 10.1 Å². The van der Waals surface area contributed by atoms with Gasteiger partial charge in [-0.2, -0.15) is 4.68 Å². The Morgan fingerprint density at radius 2 is 1.74 bits per heavy atom. The Bertz CT molecular complexity index is 893. The third kappa shape index (κ3) is 6.21. The first-order chi connectivity index (χ1) is 12.3. The molecule has 0 aliphatic rings. The number of aromatic nitrogens is 3. The van der Waals surface area contributed by atoms with Crippen molar-refractivity contribution >= 4 is 40.8 Å². The fourth-order valence-corrected chi connectivity index (χ4v) is 2.11. The maximum atomic E-state index is 12.2. The van der Waals surface area contributed by atoms with Gasteiger partial charge in [-0.25, -0.2) is 9.59 Å². The summed E-state index contributed by atoms with van der Waals surface area (Å²) in [6, 6.07) is 4.86. The molecule has 1 heterocycles. The molecule has 0 atom stereocenters. The summed E-state index contributed by atoms with van der Waals surface area (Å²) >= 11 is 5.95. The molecule has 2 amide bonds. The number of hydrogen-bond acceptors (Lipinski definition) is 6. The molecule has 0 bridgehead atoms. The van der Waals surface area contributed by atoms with Crippen LogP contribution in [0, 0.1) is 0 Å². The lowest BCUT2D eigenvalue weighted by molar-refractivity contribution is 0.0560. The first kappa shape index (κ1) is 20.6. The number of nitrogens with one attached hydrogen (secondary N) is 1. The summed E-state index contributed by atoms with van der Waals surface area (Å²) in [5.41, 5.74) is -0.544. The number of amides is 2. The molecule has 0 aliphatic carbocycles. The molecule has 0 saturated carbocycles. The van der Waals surface area contributed by atoms with Crippen LogP contribution in [0.3, 0.4) is 0 Å². The van der Waals surface area contributed by atoms with Crippen molar-refractivity contribution in [2.24, 2.45) is 4.99 Å². The van der Waals surface area contributed by atoms with Crippen molar-refractivity contribution in [1.82, 2.24) is 20.3 Å². The van der Waals surface area contributed by atoms with Crippen molar-refractivity contribution in [2.75, 3.05) is 0 Å². The highest BCUT2D eigenvalue weighted by atomic mass is 35.5. The molecule has 0 aliphatic heterocycles. The lowest BCUT2D eigenvalue weighted by Crippen LogP contribution is -2.40. The molecular formula is C17H22ClN5O4. The molecule has 27 heavy (non-hydrogen) atoms. The summed E-state index contributed by atoms with van der Waals surface area (Å²) in [7, 11) is 0. The van der Waals surface area contributed by atoms with E-state index in [0.717, 1.165) is 0 Å². The summed E-state index contributed by atoms with van der Waals surface area (Å²) in [5.74, 6) is -0.205. The number of halogens is 1. The average molecular weight is 396 g/mol. The second-order valence-electron chi connectivity index (χ2n) is 7.68. The number of benzene rings is 1. The molecule has 0 radical (unpaired) electrons. The maximum Gasteiger partial charge on any atom is 0.437 e. The first-order valence-corrected chi connectivity index (χ1v) is 8.55. The number of hydrogen-bond donors (Lipinski definition) is 1. The molecule has 10 heteroatoms. The van der Waals surface area contributed by atoms with E-state index in [0.29, 0.717) is 16.1 Å². The molecule has 0 spiro atoms. The van der Waals surface area contributed by atoms with Crippen LogP contribution in [0.4, 0.5) is 9.59 Å². The van der Waals surface area contributed by atoms with Crippen LogP contribution >= 0.6 is 11.6 Å². The monoisotopic (exact) mass is 395 g/mol. The van der Waals surface area contributed by atoms with Crippen LogP contribution < -0.4 is 5.32 Å². The standard InChI is InChI=1S/C17H22ClN5O4/c1-16(2,3)26-14(24)19-13(20-15(25)27-17(4,5)6)23-12-8-7-10(18)9-11(12)21-22-23/h7-9H,1-6H3,(H,19,20,24,25). The van der Waals surface area contributed by atoms with Crippen LogP contribution in [0.25, 0.3) is 11.0 Å². The molecule has 1 aromatic heterocycles. The normalized spacial score (nSPS) is 12.8. The maximum absolute atomic E-state index is 12.2. The van der Waals surface area contributed by atoms with Crippen molar-refractivity contribution in [3.05, 3.63) is 23.2 Å². The summed E-state index contributed by atoms with van der Waals surface area (Å²) in [4.78, 5) is 28.1. The van der Waals surface area contributed by atoms with Crippen molar-refractivity contribution in [3.8, 4) is 0 Å². The fourth-order valence-electron chi connectivity index (χ4n) is 1.95. The molecule has 2 rings (SSSR count). The number of carbonyl (C=O) groups excluding carboxylic acids is 2. The van der Waals surface area contributed by atoms with Gasteiger partial charge < -0.3 is 9.47 Å². The molecule has 0 saturated heterocycles. The zero-order valence-electron chi connectivity index (χ0n) is 16.0. The third-order valence-corrected chi connectivity index (χ3v) is 3.05. The van der Waals surface area contributed by atoms with Gasteiger partial charge in [0.25, 0.3) is 0 Å². The van der Waals surface area contributed by atoms with Crippen LogP contribution in [-0.4, -0.2) is 44.3 Å². The van der Waals surface area contributed by atoms with Crippen molar-refractivity contribution < 1.29 is 19.1 Å². The Balaban J connectivity index is 2.42. The van der Waals surface area contributed by atoms with Gasteiger partial charge in [-0.3, -0.25) is 5.32 Å². The van der Waals surface area contributed by atoms with E-state index in [9.17, 15) is 9.59 Å². The zero-order chi connectivity index (χ0) is 20.4.